The average molecular weight is 709 g/mol. The molecule has 0 aliphatic heterocycles. The molecule has 0 amide bonds. The quantitative estimate of drug-likeness (QED) is 0.0363. The Morgan fingerprint density at radius 3 is 1.04 bits per heavy atom. The standard InChI is InChI=1S/C44H84O6/c1-7-40(6)32-26-20-13-9-11-14-21-27-33-42(45)48-36-41(37-49-43(46)34-28-22-17-16-19-25-31-39(4)5)50-44(47)35-29-23-15-10-8-12-18-24-30-38(2)3/h38-41H,7-37H2,1-6H3/t40?,41-/m1/s1. The van der Waals surface area contributed by atoms with E-state index in [0.29, 0.717) is 19.3 Å². The van der Waals surface area contributed by atoms with Gasteiger partial charge >= 0.3 is 17.9 Å². The van der Waals surface area contributed by atoms with E-state index in [1.807, 2.05) is 0 Å². The van der Waals surface area contributed by atoms with E-state index in [0.717, 1.165) is 75.5 Å². The summed E-state index contributed by atoms with van der Waals surface area (Å²) in [7, 11) is 0. The largest absolute Gasteiger partial charge is 0.462 e. The maximum atomic E-state index is 12.7. The molecule has 50 heavy (non-hydrogen) atoms. The fourth-order valence-electron chi connectivity index (χ4n) is 6.32. The summed E-state index contributed by atoms with van der Waals surface area (Å²) in [4.78, 5) is 37.6. The van der Waals surface area contributed by atoms with Gasteiger partial charge in [0.1, 0.15) is 13.2 Å². The molecule has 1 unspecified atom stereocenters. The topological polar surface area (TPSA) is 78.9 Å². The minimum atomic E-state index is -0.762. The van der Waals surface area contributed by atoms with Gasteiger partial charge in [0.15, 0.2) is 6.10 Å². The van der Waals surface area contributed by atoms with Gasteiger partial charge in [0, 0.05) is 19.3 Å². The van der Waals surface area contributed by atoms with Gasteiger partial charge < -0.3 is 14.2 Å². The highest BCUT2D eigenvalue weighted by atomic mass is 16.6. The Morgan fingerprint density at radius 1 is 0.400 bits per heavy atom. The Labute approximate surface area is 310 Å². The third-order valence-corrected chi connectivity index (χ3v) is 10.0. The van der Waals surface area contributed by atoms with Crippen molar-refractivity contribution in [1.29, 1.82) is 0 Å². The van der Waals surface area contributed by atoms with Crippen LogP contribution in [0.1, 0.15) is 228 Å². The molecule has 0 aliphatic rings. The lowest BCUT2D eigenvalue weighted by molar-refractivity contribution is -0.167. The lowest BCUT2D eigenvalue weighted by Gasteiger charge is -2.18. The Kier molecular flexibility index (Phi) is 34.7. The van der Waals surface area contributed by atoms with E-state index in [1.54, 1.807) is 0 Å². The minimum absolute atomic E-state index is 0.0678. The molecule has 2 atom stereocenters. The number of rotatable bonds is 37. The molecule has 0 fully saturated rings. The first-order valence-electron chi connectivity index (χ1n) is 21.6. The molecule has 0 aromatic heterocycles. The SMILES string of the molecule is CCC(C)CCCCCCCCCCC(=O)OC[C@H](COC(=O)CCCCCCCCC(C)C)OC(=O)CCCCCCCCCCC(C)C. The van der Waals surface area contributed by atoms with Crippen molar-refractivity contribution in [3.05, 3.63) is 0 Å². The molecule has 296 valence electrons. The predicted molar refractivity (Wildman–Crippen MR) is 210 cm³/mol. The van der Waals surface area contributed by atoms with Crippen LogP contribution >= 0.6 is 0 Å². The van der Waals surface area contributed by atoms with Gasteiger partial charge in [-0.3, -0.25) is 14.4 Å². The Balaban J connectivity index is 4.36. The fraction of sp³-hybridized carbons (Fsp3) is 0.932. The molecule has 0 aliphatic carbocycles. The van der Waals surface area contributed by atoms with Crippen LogP contribution in [0.5, 0.6) is 0 Å². The highest BCUT2D eigenvalue weighted by Crippen LogP contribution is 2.17. The van der Waals surface area contributed by atoms with Gasteiger partial charge in [-0.05, 0) is 37.0 Å². The number of ether oxygens (including phenoxy) is 3. The fourth-order valence-corrected chi connectivity index (χ4v) is 6.32. The lowest BCUT2D eigenvalue weighted by Crippen LogP contribution is -2.30. The van der Waals surface area contributed by atoms with E-state index in [2.05, 4.69) is 41.5 Å². The molecule has 0 heterocycles. The molecule has 0 saturated heterocycles. The molecule has 6 nitrogen and oxygen atoms in total. The Morgan fingerprint density at radius 2 is 0.700 bits per heavy atom. The summed E-state index contributed by atoms with van der Waals surface area (Å²) in [6.45, 7) is 13.6. The highest BCUT2D eigenvalue weighted by Gasteiger charge is 2.19. The van der Waals surface area contributed by atoms with E-state index in [4.69, 9.17) is 14.2 Å². The molecule has 0 bridgehead atoms. The van der Waals surface area contributed by atoms with Gasteiger partial charge in [-0.2, -0.15) is 0 Å². The maximum absolute atomic E-state index is 12.7. The zero-order valence-corrected chi connectivity index (χ0v) is 34.2. The second-order valence-corrected chi connectivity index (χ2v) is 16.2. The monoisotopic (exact) mass is 709 g/mol. The summed E-state index contributed by atoms with van der Waals surface area (Å²) < 4.78 is 16.7. The number of unbranched alkanes of at least 4 members (excludes halogenated alkanes) is 19. The molecule has 0 N–H and O–H groups in total. The summed E-state index contributed by atoms with van der Waals surface area (Å²) in [5.41, 5.74) is 0. The van der Waals surface area contributed by atoms with Crippen molar-refractivity contribution in [2.24, 2.45) is 17.8 Å². The molecule has 0 aromatic carbocycles. The maximum Gasteiger partial charge on any atom is 0.306 e. The third-order valence-electron chi connectivity index (χ3n) is 10.0. The molecular weight excluding hydrogens is 624 g/mol. The molecule has 0 radical (unpaired) electrons. The van der Waals surface area contributed by atoms with Crippen molar-refractivity contribution in [2.45, 2.75) is 234 Å². The van der Waals surface area contributed by atoms with Crippen molar-refractivity contribution in [3.8, 4) is 0 Å². The van der Waals surface area contributed by atoms with Crippen LogP contribution in [0.3, 0.4) is 0 Å². The van der Waals surface area contributed by atoms with Crippen molar-refractivity contribution in [3.63, 3.8) is 0 Å². The van der Waals surface area contributed by atoms with Gasteiger partial charge in [0.2, 0.25) is 0 Å². The third kappa shape index (κ3) is 36.2. The smallest absolute Gasteiger partial charge is 0.306 e. The van der Waals surface area contributed by atoms with Crippen LogP contribution in [0.4, 0.5) is 0 Å². The van der Waals surface area contributed by atoms with E-state index >= 15 is 0 Å². The van der Waals surface area contributed by atoms with Gasteiger partial charge in [0.05, 0.1) is 0 Å². The van der Waals surface area contributed by atoms with Crippen LogP contribution in [0.15, 0.2) is 0 Å². The molecule has 0 saturated carbocycles. The zero-order valence-electron chi connectivity index (χ0n) is 34.2. The van der Waals surface area contributed by atoms with Crippen LogP contribution in [-0.2, 0) is 28.6 Å². The number of hydrogen-bond donors (Lipinski definition) is 0. The van der Waals surface area contributed by atoms with Gasteiger partial charge in [-0.25, -0.2) is 0 Å². The van der Waals surface area contributed by atoms with Gasteiger partial charge in [-0.15, -0.1) is 0 Å². The summed E-state index contributed by atoms with van der Waals surface area (Å²) >= 11 is 0. The van der Waals surface area contributed by atoms with Gasteiger partial charge in [-0.1, -0.05) is 189 Å². The molecule has 0 aromatic rings. The Bertz CT molecular complexity index is 778. The summed E-state index contributed by atoms with van der Waals surface area (Å²) in [5, 5.41) is 0. The number of esters is 3. The van der Waals surface area contributed by atoms with Gasteiger partial charge in [0.25, 0.3) is 0 Å². The first-order valence-corrected chi connectivity index (χ1v) is 21.6. The van der Waals surface area contributed by atoms with Crippen molar-refractivity contribution >= 4 is 17.9 Å². The summed E-state index contributed by atoms with van der Waals surface area (Å²) in [6, 6.07) is 0. The minimum Gasteiger partial charge on any atom is -0.462 e. The van der Waals surface area contributed by atoms with Crippen LogP contribution in [0, 0.1) is 17.8 Å². The zero-order chi connectivity index (χ0) is 37.1. The van der Waals surface area contributed by atoms with Crippen LogP contribution in [0.2, 0.25) is 0 Å². The second-order valence-electron chi connectivity index (χ2n) is 16.2. The van der Waals surface area contributed by atoms with E-state index in [1.165, 1.54) is 109 Å². The summed E-state index contributed by atoms with van der Waals surface area (Å²) in [6.07, 6.45) is 31.0. The number of carbonyl (C=O) groups is 3. The second kappa shape index (κ2) is 35.8. The van der Waals surface area contributed by atoms with E-state index < -0.39 is 6.10 Å². The molecule has 0 rings (SSSR count). The normalized spacial score (nSPS) is 12.7. The lowest BCUT2D eigenvalue weighted by atomic mass is 9.99. The van der Waals surface area contributed by atoms with Crippen LogP contribution < -0.4 is 0 Å². The molecule has 0 spiro atoms. The first-order chi connectivity index (χ1) is 24.1. The van der Waals surface area contributed by atoms with Crippen molar-refractivity contribution < 1.29 is 28.6 Å². The highest BCUT2D eigenvalue weighted by molar-refractivity contribution is 5.71. The Hall–Kier alpha value is -1.59. The van der Waals surface area contributed by atoms with E-state index in [-0.39, 0.29) is 31.1 Å². The molecule has 6 heteroatoms. The first kappa shape index (κ1) is 48.4. The number of hydrogen-bond acceptors (Lipinski definition) is 6. The van der Waals surface area contributed by atoms with Crippen LogP contribution in [-0.4, -0.2) is 37.2 Å². The van der Waals surface area contributed by atoms with Crippen LogP contribution in [0.25, 0.3) is 0 Å². The van der Waals surface area contributed by atoms with Crippen molar-refractivity contribution in [2.75, 3.05) is 13.2 Å². The molecular formula is C44H84O6. The van der Waals surface area contributed by atoms with E-state index in [9.17, 15) is 14.4 Å². The van der Waals surface area contributed by atoms with Crippen molar-refractivity contribution in [1.82, 2.24) is 0 Å². The summed E-state index contributed by atoms with van der Waals surface area (Å²) in [5.74, 6) is 1.53. The predicted octanol–water partition coefficient (Wildman–Crippen LogP) is 13.3. The average Bonchev–Trinajstić information content (AvgIpc) is 3.08. The number of carbonyl (C=O) groups excluding carboxylic acids is 3.